The van der Waals surface area contributed by atoms with Crippen LogP contribution >= 0.6 is 0 Å². The molecule has 0 radical (unpaired) electrons. The SMILES string of the molecule is COCCN(CCO)CCOc1ccc2ccccc2c1. The van der Waals surface area contributed by atoms with Crippen LogP contribution in [0.25, 0.3) is 10.8 Å². The number of rotatable bonds is 9. The fourth-order valence-electron chi connectivity index (χ4n) is 2.25. The Hall–Kier alpha value is -1.62. The standard InChI is InChI=1S/C17H23NO3/c1-20-12-9-18(8-11-19)10-13-21-17-7-6-15-4-2-3-5-16(15)14-17/h2-7,14,19H,8-13H2,1H3. The molecule has 0 unspecified atom stereocenters. The second-order valence-corrected chi connectivity index (χ2v) is 4.92. The maximum Gasteiger partial charge on any atom is 0.120 e. The lowest BCUT2D eigenvalue weighted by Crippen LogP contribution is -2.33. The lowest BCUT2D eigenvalue weighted by atomic mass is 10.1. The van der Waals surface area contributed by atoms with Crippen molar-refractivity contribution in [1.29, 1.82) is 0 Å². The van der Waals surface area contributed by atoms with E-state index < -0.39 is 0 Å². The van der Waals surface area contributed by atoms with E-state index in [9.17, 15) is 0 Å². The quantitative estimate of drug-likeness (QED) is 0.768. The van der Waals surface area contributed by atoms with Gasteiger partial charge in [-0.1, -0.05) is 30.3 Å². The molecule has 1 N–H and O–H groups in total. The third kappa shape index (κ3) is 5.01. The molecular weight excluding hydrogens is 266 g/mol. The summed E-state index contributed by atoms with van der Waals surface area (Å²) < 4.78 is 10.9. The molecule has 0 heterocycles. The van der Waals surface area contributed by atoms with E-state index in [1.54, 1.807) is 7.11 Å². The zero-order valence-corrected chi connectivity index (χ0v) is 12.5. The van der Waals surface area contributed by atoms with Gasteiger partial charge in [0.1, 0.15) is 12.4 Å². The van der Waals surface area contributed by atoms with E-state index in [0.717, 1.165) is 18.8 Å². The van der Waals surface area contributed by atoms with Crippen LogP contribution in [0.2, 0.25) is 0 Å². The summed E-state index contributed by atoms with van der Waals surface area (Å²) >= 11 is 0. The first-order chi connectivity index (χ1) is 10.3. The lowest BCUT2D eigenvalue weighted by molar-refractivity contribution is 0.118. The van der Waals surface area contributed by atoms with Crippen molar-refractivity contribution in [3.8, 4) is 5.75 Å². The minimum absolute atomic E-state index is 0.152. The summed E-state index contributed by atoms with van der Waals surface area (Å²) in [6.07, 6.45) is 0. The average molecular weight is 289 g/mol. The Labute approximate surface area is 125 Å². The van der Waals surface area contributed by atoms with Crippen LogP contribution < -0.4 is 4.74 Å². The Kier molecular flexibility index (Phi) is 6.47. The third-order valence-corrected chi connectivity index (χ3v) is 3.43. The smallest absolute Gasteiger partial charge is 0.120 e. The Morgan fingerprint density at radius 1 is 0.952 bits per heavy atom. The van der Waals surface area contributed by atoms with Gasteiger partial charge in [0.25, 0.3) is 0 Å². The zero-order valence-electron chi connectivity index (χ0n) is 12.5. The van der Waals surface area contributed by atoms with Gasteiger partial charge >= 0.3 is 0 Å². The number of fused-ring (bicyclic) bond motifs is 1. The van der Waals surface area contributed by atoms with E-state index in [0.29, 0.717) is 19.8 Å². The molecule has 114 valence electrons. The molecule has 0 aromatic heterocycles. The van der Waals surface area contributed by atoms with E-state index in [-0.39, 0.29) is 6.61 Å². The van der Waals surface area contributed by atoms with Gasteiger partial charge < -0.3 is 14.6 Å². The summed E-state index contributed by atoms with van der Waals surface area (Å²) in [5, 5.41) is 11.4. The molecule has 0 spiro atoms. The van der Waals surface area contributed by atoms with Crippen LogP contribution in [0.1, 0.15) is 0 Å². The second-order valence-electron chi connectivity index (χ2n) is 4.92. The van der Waals surface area contributed by atoms with Crippen LogP contribution in [-0.2, 0) is 4.74 Å². The summed E-state index contributed by atoms with van der Waals surface area (Å²) in [4.78, 5) is 2.13. The van der Waals surface area contributed by atoms with Gasteiger partial charge in [0, 0.05) is 26.7 Å². The zero-order chi connectivity index (χ0) is 14.9. The number of hydrogen-bond acceptors (Lipinski definition) is 4. The van der Waals surface area contributed by atoms with Gasteiger partial charge in [-0.25, -0.2) is 0 Å². The molecule has 0 saturated carbocycles. The Morgan fingerprint density at radius 3 is 2.48 bits per heavy atom. The molecule has 0 aliphatic carbocycles. The number of benzene rings is 2. The van der Waals surface area contributed by atoms with E-state index in [2.05, 4.69) is 29.2 Å². The Balaban J connectivity index is 1.85. The normalized spacial score (nSPS) is 11.2. The Morgan fingerprint density at radius 2 is 1.71 bits per heavy atom. The number of hydrogen-bond donors (Lipinski definition) is 1. The second kappa shape index (κ2) is 8.62. The van der Waals surface area contributed by atoms with Crippen molar-refractivity contribution in [2.75, 3.05) is 46.6 Å². The minimum Gasteiger partial charge on any atom is -0.492 e. The van der Waals surface area contributed by atoms with Crippen LogP contribution in [0.4, 0.5) is 0 Å². The summed E-state index contributed by atoms with van der Waals surface area (Å²) in [6, 6.07) is 14.4. The molecule has 2 rings (SSSR count). The van der Waals surface area contributed by atoms with Gasteiger partial charge in [-0.3, -0.25) is 4.90 Å². The Bertz CT molecular complexity index is 544. The van der Waals surface area contributed by atoms with Gasteiger partial charge in [0.05, 0.1) is 13.2 Å². The first kappa shape index (κ1) is 15.8. The highest BCUT2D eigenvalue weighted by atomic mass is 16.5. The van der Waals surface area contributed by atoms with Crippen LogP contribution in [0.3, 0.4) is 0 Å². The molecule has 0 atom stereocenters. The van der Waals surface area contributed by atoms with Crippen molar-refractivity contribution >= 4 is 10.8 Å². The largest absolute Gasteiger partial charge is 0.492 e. The minimum atomic E-state index is 0.152. The molecule has 0 saturated heterocycles. The molecule has 2 aromatic carbocycles. The molecule has 4 nitrogen and oxygen atoms in total. The number of nitrogens with zero attached hydrogens (tertiary/aromatic N) is 1. The highest BCUT2D eigenvalue weighted by molar-refractivity contribution is 5.83. The summed E-state index contributed by atoms with van der Waals surface area (Å²) in [7, 11) is 1.68. The summed E-state index contributed by atoms with van der Waals surface area (Å²) in [5.74, 6) is 0.879. The molecular formula is C17H23NO3. The molecule has 4 heteroatoms. The monoisotopic (exact) mass is 289 g/mol. The maximum atomic E-state index is 9.05. The first-order valence-electron chi connectivity index (χ1n) is 7.27. The fourth-order valence-corrected chi connectivity index (χ4v) is 2.25. The molecule has 0 bridgehead atoms. The molecule has 0 aliphatic heterocycles. The van der Waals surface area contributed by atoms with Gasteiger partial charge in [-0.15, -0.1) is 0 Å². The maximum absolute atomic E-state index is 9.05. The summed E-state index contributed by atoms with van der Waals surface area (Å²) in [5.41, 5.74) is 0. The third-order valence-electron chi connectivity index (χ3n) is 3.43. The van der Waals surface area contributed by atoms with E-state index >= 15 is 0 Å². The molecule has 0 aliphatic rings. The van der Waals surface area contributed by atoms with Crippen LogP contribution in [0.15, 0.2) is 42.5 Å². The van der Waals surface area contributed by atoms with Gasteiger partial charge in [-0.05, 0) is 22.9 Å². The van der Waals surface area contributed by atoms with E-state index in [4.69, 9.17) is 14.6 Å². The molecule has 2 aromatic rings. The fraction of sp³-hybridized carbons (Fsp3) is 0.412. The molecule has 21 heavy (non-hydrogen) atoms. The molecule has 0 amide bonds. The number of methoxy groups -OCH3 is 1. The number of aliphatic hydroxyl groups is 1. The average Bonchev–Trinajstić information content (AvgIpc) is 2.52. The highest BCUT2D eigenvalue weighted by Crippen LogP contribution is 2.20. The molecule has 0 fully saturated rings. The van der Waals surface area contributed by atoms with Crippen LogP contribution in [0.5, 0.6) is 5.75 Å². The van der Waals surface area contributed by atoms with Crippen molar-refractivity contribution in [2.24, 2.45) is 0 Å². The van der Waals surface area contributed by atoms with Gasteiger partial charge in [-0.2, -0.15) is 0 Å². The van der Waals surface area contributed by atoms with Crippen molar-refractivity contribution < 1.29 is 14.6 Å². The summed E-state index contributed by atoms with van der Waals surface area (Å²) in [6.45, 7) is 3.64. The number of aliphatic hydroxyl groups excluding tert-OH is 1. The van der Waals surface area contributed by atoms with Gasteiger partial charge in [0.15, 0.2) is 0 Å². The predicted molar refractivity (Wildman–Crippen MR) is 84.8 cm³/mol. The topological polar surface area (TPSA) is 41.9 Å². The van der Waals surface area contributed by atoms with Crippen molar-refractivity contribution in [1.82, 2.24) is 4.90 Å². The van der Waals surface area contributed by atoms with Crippen molar-refractivity contribution in [3.05, 3.63) is 42.5 Å². The van der Waals surface area contributed by atoms with Crippen molar-refractivity contribution in [2.45, 2.75) is 0 Å². The van der Waals surface area contributed by atoms with Crippen molar-refractivity contribution in [3.63, 3.8) is 0 Å². The van der Waals surface area contributed by atoms with Crippen LogP contribution in [0, 0.1) is 0 Å². The first-order valence-corrected chi connectivity index (χ1v) is 7.27. The van der Waals surface area contributed by atoms with E-state index in [1.807, 2.05) is 18.2 Å². The lowest BCUT2D eigenvalue weighted by Gasteiger charge is -2.20. The predicted octanol–water partition coefficient (Wildman–Crippen LogP) is 2.16. The number of ether oxygens (including phenoxy) is 2. The van der Waals surface area contributed by atoms with E-state index in [1.165, 1.54) is 10.8 Å². The highest BCUT2D eigenvalue weighted by Gasteiger charge is 2.04. The van der Waals surface area contributed by atoms with Gasteiger partial charge in [0.2, 0.25) is 0 Å². The van der Waals surface area contributed by atoms with Crippen LogP contribution in [-0.4, -0.2) is 56.6 Å².